The topological polar surface area (TPSA) is 59.4 Å². The van der Waals surface area contributed by atoms with Crippen LogP contribution >= 0.6 is 0 Å². The van der Waals surface area contributed by atoms with Crippen molar-refractivity contribution in [1.29, 1.82) is 0 Å². The minimum absolute atomic E-state index is 0.160. The molecule has 0 radical (unpaired) electrons. The van der Waals surface area contributed by atoms with Crippen LogP contribution in [0.3, 0.4) is 0 Å². The molecule has 22 heavy (non-hydrogen) atoms. The van der Waals surface area contributed by atoms with Gasteiger partial charge < -0.3 is 4.57 Å². The van der Waals surface area contributed by atoms with Crippen molar-refractivity contribution in [2.24, 2.45) is 0 Å². The van der Waals surface area contributed by atoms with Gasteiger partial charge in [-0.3, -0.25) is 5.10 Å². The van der Waals surface area contributed by atoms with Gasteiger partial charge in [-0.05, 0) is 32.0 Å². The van der Waals surface area contributed by atoms with E-state index in [0.717, 1.165) is 18.0 Å². The smallest absolute Gasteiger partial charge is 0.181 e. The quantitative estimate of drug-likeness (QED) is 0.806. The lowest BCUT2D eigenvalue weighted by atomic mass is 10.2. The van der Waals surface area contributed by atoms with E-state index in [2.05, 4.69) is 27.1 Å². The summed E-state index contributed by atoms with van der Waals surface area (Å²) >= 11 is 0. The van der Waals surface area contributed by atoms with Crippen LogP contribution in [0.4, 0.5) is 8.78 Å². The highest BCUT2D eigenvalue weighted by Gasteiger charge is 2.13. The first-order valence-corrected chi connectivity index (χ1v) is 6.90. The fraction of sp³-hybridized carbons (Fsp3) is 0.267. The minimum atomic E-state index is -0.911. The van der Waals surface area contributed by atoms with E-state index < -0.39 is 11.6 Å². The van der Waals surface area contributed by atoms with Gasteiger partial charge in [-0.2, -0.15) is 5.10 Å². The van der Waals surface area contributed by atoms with Gasteiger partial charge in [0.2, 0.25) is 0 Å². The summed E-state index contributed by atoms with van der Waals surface area (Å²) in [6.07, 6.45) is 4.29. The lowest BCUT2D eigenvalue weighted by Gasteiger charge is -2.12. The van der Waals surface area contributed by atoms with Crippen LogP contribution in [0.2, 0.25) is 0 Å². The first-order chi connectivity index (χ1) is 10.5. The monoisotopic (exact) mass is 303 g/mol. The Morgan fingerprint density at radius 1 is 1.27 bits per heavy atom. The number of nitrogens with one attached hydrogen (secondary N) is 1. The van der Waals surface area contributed by atoms with Crippen LogP contribution in [0.15, 0.2) is 30.6 Å². The van der Waals surface area contributed by atoms with Crippen molar-refractivity contribution in [3.63, 3.8) is 0 Å². The predicted molar refractivity (Wildman–Crippen MR) is 77.1 cm³/mol. The van der Waals surface area contributed by atoms with Crippen molar-refractivity contribution < 1.29 is 8.78 Å². The van der Waals surface area contributed by atoms with Gasteiger partial charge >= 0.3 is 0 Å². The standard InChI is InChI=1S/C15H15F2N5/c1-9(22-6-5-18-10(22)2)7-14-19-15(21-20-14)11-3-4-12(16)13(17)8-11/h3-6,8-9H,7H2,1-2H3,(H,19,20,21)/t9-/m0/s1. The van der Waals surface area contributed by atoms with Crippen LogP contribution in [-0.2, 0) is 6.42 Å². The zero-order valence-electron chi connectivity index (χ0n) is 12.2. The lowest BCUT2D eigenvalue weighted by Crippen LogP contribution is -2.10. The third-order valence-corrected chi connectivity index (χ3v) is 3.54. The Bertz CT molecular complexity index is 793. The SMILES string of the molecule is Cc1nccn1[C@@H](C)Cc1nc(-c2ccc(F)c(F)c2)n[nH]1. The second kappa shape index (κ2) is 5.67. The van der Waals surface area contributed by atoms with Gasteiger partial charge in [-0.1, -0.05) is 0 Å². The molecule has 0 aliphatic rings. The maximum Gasteiger partial charge on any atom is 0.181 e. The third kappa shape index (κ3) is 2.74. The summed E-state index contributed by atoms with van der Waals surface area (Å²) in [7, 11) is 0. The van der Waals surface area contributed by atoms with Crippen LogP contribution in [0, 0.1) is 18.6 Å². The molecular formula is C15H15F2N5. The molecule has 114 valence electrons. The van der Waals surface area contributed by atoms with Gasteiger partial charge in [-0.15, -0.1) is 0 Å². The number of aromatic nitrogens is 5. The van der Waals surface area contributed by atoms with E-state index in [9.17, 15) is 8.78 Å². The van der Waals surface area contributed by atoms with E-state index in [-0.39, 0.29) is 6.04 Å². The molecule has 1 N–H and O–H groups in total. The van der Waals surface area contributed by atoms with E-state index in [1.807, 2.05) is 17.7 Å². The van der Waals surface area contributed by atoms with Crippen molar-refractivity contribution in [2.75, 3.05) is 0 Å². The Hall–Kier alpha value is -2.57. The maximum atomic E-state index is 13.3. The third-order valence-electron chi connectivity index (χ3n) is 3.54. The number of hydrogen-bond donors (Lipinski definition) is 1. The second-order valence-electron chi connectivity index (χ2n) is 5.17. The first-order valence-electron chi connectivity index (χ1n) is 6.90. The van der Waals surface area contributed by atoms with Gasteiger partial charge in [-0.25, -0.2) is 18.7 Å². The molecule has 0 unspecified atom stereocenters. The summed E-state index contributed by atoms with van der Waals surface area (Å²) < 4.78 is 28.3. The molecule has 3 rings (SSSR count). The van der Waals surface area contributed by atoms with Gasteiger partial charge in [0.25, 0.3) is 0 Å². The number of benzene rings is 1. The molecule has 7 heteroatoms. The first kappa shape index (κ1) is 14.4. The van der Waals surface area contributed by atoms with Crippen LogP contribution in [0.25, 0.3) is 11.4 Å². The highest BCUT2D eigenvalue weighted by Crippen LogP contribution is 2.19. The zero-order valence-corrected chi connectivity index (χ0v) is 12.2. The second-order valence-corrected chi connectivity index (χ2v) is 5.17. The fourth-order valence-electron chi connectivity index (χ4n) is 2.38. The Labute approximate surface area is 126 Å². The molecule has 0 aliphatic carbocycles. The Morgan fingerprint density at radius 2 is 2.09 bits per heavy atom. The number of rotatable bonds is 4. The van der Waals surface area contributed by atoms with Crippen LogP contribution in [0.5, 0.6) is 0 Å². The Balaban J connectivity index is 1.79. The van der Waals surface area contributed by atoms with E-state index >= 15 is 0 Å². The molecular weight excluding hydrogens is 288 g/mol. The van der Waals surface area contributed by atoms with Crippen LogP contribution in [0.1, 0.15) is 24.6 Å². The molecule has 2 heterocycles. The molecule has 3 aromatic rings. The number of halogens is 2. The van der Waals surface area contributed by atoms with Gasteiger partial charge in [0.15, 0.2) is 17.5 Å². The normalized spacial score (nSPS) is 12.5. The highest BCUT2D eigenvalue weighted by atomic mass is 19.2. The van der Waals surface area contributed by atoms with Gasteiger partial charge in [0.1, 0.15) is 11.6 Å². The number of H-pyrrole nitrogens is 1. The molecule has 1 aromatic carbocycles. The largest absolute Gasteiger partial charge is 0.332 e. The van der Waals surface area contributed by atoms with Crippen LogP contribution in [-0.4, -0.2) is 24.7 Å². The number of nitrogens with zero attached hydrogens (tertiary/aromatic N) is 4. The van der Waals surface area contributed by atoms with E-state index in [1.165, 1.54) is 6.07 Å². The van der Waals surface area contributed by atoms with E-state index in [0.29, 0.717) is 23.6 Å². The lowest BCUT2D eigenvalue weighted by molar-refractivity contribution is 0.509. The molecule has 1 atom stereocenters. The van der Waals surface area contributed by atoms with Gasteiger partial charge in [0, 0.05) is 30.4 Å². The van der Waals surface area contributed by atoms with Crippen molar-refractivity contribution in [3.8, 4) is 11.4 Å². The molecule has 2 aromatic heterocycles. The minimum Gasteiger partial charge on any atom is -0.332 e. The highest BCUT2D eigenvalue weighted by molar-refractivity contribution is 5.54. The number of aromatic amines is 1. The van der Waals surface area contributed by atoms with Crippen molar-refractivity contribution >= 4 is 0 Å². The summed E-state index contributed by atoms with van der Waals surface area (Å²) in [4.78, 5) is 8.53. The van der Waals surface area contributed by atoms with Gasteiger partial charge in [0.05, 0.1) is 0 Å². The van der Waals surface area contributed by atoms with E-state index in [1.54, 1.807) is 6.20 Å². The molecule has 0 fully saturated rings. The van der Waals surface area contributed by atoms with Crippen molar-refractivity contribution in [2.45, 2.75) is 26.3 Å². The number of hydrogen-bond acceptors (Lipinski definition) is 3. The molecule has 0 bridgehead atoms. The van der Waals surface area contributed by atoms with Crippen LogP contribution < -0.4 is 0 Å². The summed E-state index contributed by atoms with van der Waals surface area (Å²) in [5, 5.41) is 6.90. The Kier molecular flexibility index (Phi) is 3.70. The molecule has 0 aliphatic heterocycles. The summed E-state index contributed by atoms with van der Waals surface area (Å²) in [5.41, 5.74) is 0.438. The maximum absolute atomic E-state index is 13.3. The Morgan fingerprint density at radius 3 is 2.77 bits per heavy atom. The average molecular weight is 303 g/mol. The number of imidazole rings is 1. The molecule has 0 amide bonds. The zero-order chi connectivity index (χ0) is 15.7. The predicted octanol–water partition coefficient (Wildman–Crippen LogP) is 3.06. The van der Waals surface area contributed by atoms with Crippen molar-refractivity contribution in [3.05, 3.63) is 53.9 Å². The fourth-order valence-corrected chi connectivity index (χ4v) is 2.38. The molecule has 5 nitrogen and oxygen atoms in total. The van der Waals surface area contributed by atoms with E-state index in [4.69, 9.17) is 0 Å². The summed E-state index contributed by atoms with van der Waals surface area (Å²) in [6.45, 7) is 3.98. The molecule has 0 saturated carbocycles. The summed E-state index contributed by atoms with van der Waals surface area (Å²) in [5.74, 6) is 0.159. The number of aryl methyl sites for hydroxylation is 1. The molecule has 0 spiro atoms. The van der Waals surface area contributed by atoms with Crippen molar-refractivity contribution in [1.82, 2.24) is 24.7 Å². The average Bonchev–Trinajstić information content (AvgIpc) is 3.11. The summed E-state index contributed by atoms with van der Waals surface area (Å²) in [6, 6.07) is 3.77. The molecule has 0 saturated heterocycles.